The number of carbonyl (C=O) groups excluding carboxylic acids is 1. The second kappa shape index (κ2) is 7.31. The van der Waals surface area contributed by atoms with E-state index in [2.05, 4.69) is 15.5 Å². The molecule has 0 bridgehead atoms. The molecule has 0 unspecified atom stereocenters. The number of hydrogen-bond donors (Lipinski definition) is 1. The Morgan fingerprint density at radius 3 is 2.46 bits per heavy atom. The third-order valence-electron chi connectivity index (χ3n) is 5.79. The van der Waals surface area contributed by atoms with Gasteiger partial charge in [-0.2, -0.15) is 4.98 Å². The summed E-state index contributed by atoms with van der Waals surface area (Å²) in [5.74, 6) is 1.48. The smallest absolute Gasteiger partial charge is 0.231 e. The molecule has 28 heavy (non-hydrogen) atoms. The van der Waals surface area contributed by atoms with Crippen LogP contribution in [0.5, 0.6) is 0 Å². The quantitative estimate of drug-likeness (QED) is 0.796. The van der Waals surface area contributed by atoms with Crippen LogP contribution in [0.25, 0.3) is 0 Å². The van der Waals surface area contributed by atoms with E-state index in [0.29, 0.717) is 17.6 Å². The molecule has 2 aromatic rings. The maximum absolute atomic E-state index is 13.2. The molecule has 1 aromatic heterocycles. The van der Waals surface area contributed by atoms with Gasteiger partial charge in [-0.05, 0) is 43.4 Å². The van der Waals surface area contributed by atoms with E-state index in [1.54, 1.807) is 24.3 Å². The number of sulfone groups is 1. The summed E-state index contributed by atoms with van der Waals surface area (Å²) >= 11 is 0. The molecule has 0 radical (unpaired) electrons. The van der Waals surface area contributed by atoms with Crippen molar-refractivity contribution in [2.24, 2.45) is 0 Å². The zero-order valence-corrected chi connectivity index (χ0v) is 16.8. The van der Waals surface area contributed by atoms with Gasteiger partial charge in [0.1, 0.15) is 0 Å². The summed E-state index contributed by atoms with van der Waals surface area (Å²) in [4.78, 5) is 17.8. The van der Waals surface area contributed by atoms with Crippen molar-refractivity contribution in [2.75, 3.05) is 6.26 Å². The molecule has 2 fully saturated rings. The van der Waals surface area contributed by atoms with Crippen LogP contribution in [0.3, 0.4) is 0 Å². The summed E-state index contributed by atoms with van der Waals surface area (Å²) in [6.45, 7) is 0.234. The van der Waals surface area contributed by atoms with Crippen molar-refractivity contribution < 1.29 is 17.7 Å². The average molecular weight is 404 g/mol. The van der Waals surface area contributed by atoms with Crippen LogP contribution in [0.4, 0.5) is 0 Å². The first-order valence-electron chi connectivity index (χ1n) is 9.80. The maximum atomic E-state index is 13.2. The SMILES string of the molecule is CS(=O)(=O)c1ccc(C2(C(=O)NCc3noc(C4CC4)n3)CCCCC2)cc1. The fraction of sp³-hybridized carbons (Fsp3) is 0.550. The number of aromatic nitrogens is 2. The Morgan fingerprint density at radius 2 is 1.86 bits per heavy atom. The summed E-state index contributed by atoms with van der Waals surface area (Å²) in [6.07, 6.45) is 7.89. The van der Waals surface area contributed by atoms with Crippen LogP contribution in [0.2, 0.25) is 0 Å². The normalized spacial score (nSPS) is 19.3. The second-order valence-corrected chi connectivity index (χ2v) is 9.96. The molecular weight excluding hydrogens is 378 g/mol. The first-order chi connectivity index (χ1) is 13.4. The van der Waals surface area contributed by atoms with Crippen LogP contribution in [0, 0.1) is 0 Å². The highest BCUT2D eigenvalue weighted by atomic mass is 32.2. The molecule has 1 aromatic carbocycles. The van der Waals surface area contributed by atoms with E-state index >= 15 is 0 Å². The molecule has 150 valence electrons. The highest BCUT2D eigenvalue weighted by molar-refractivity contribution is 7.90. The minimum absolute atomic E-state index is 0.0583. The molecule has 2 aliphatic carbocycles. The lowest BCUT2D eigenvalue weighted by Crippen LogP contribution is -2.45. The standard InChI is InChI=1S/C20H25N3O4S/c1-28(25,26)16-9-7-15(8-10-16)20(11-3-2-4-12-20)19(24)21-13-17-22-18(27-23-17)14-5-6-14/h7-10,14H,2-6,11-13H2,1H3,(H,21,24). The fourth-order valence-corrected chi connectivity index (χ4v) is 4.62. The Morgan fingerprint density at radius 1 is 1.18 bits per heavy atom. The average Bonchev–Trinajstić information content (AvgIpc) is 3.44. The molecule has 4 rings (SSSR count). The Kier molecular flexibility index (Phi) is 4.99. The van der Waals surface area contributed by atoms with E-state index in [1.165, 1.54) is 6.26 Å². The summed E-state index contributed by atoms with van der Waals surface area (Å²) < 4.78 is 28.7. The van der Waals surface area contributed by atoms with Gasteiger partial charge in [0.15, 0.2) is 15.7 Å². The second-order valence-electron chi connectivity index (χ2n) is 7.95. The predicted octanol–water partition coefficient (Wildman–Crippen LogP) is 2.87. The van der Waals surface area contributed by atoms with Crippen LogP contribution in [-0.2, 0) is 26.6 Å². The monoisotopic (exact) mass is 403 g/mol. The van der Waals surface area contributed by atoms with Crippen LogP contribution in [0.15, 0.2) is 33.7 Å². The largest absolute Gasteiger partial charge is 0.348 e. The Labute approximate surface area is 164 Å². The Bertz CT molecular complexity index is 956. The summed E-state index contributed by atoms with van der Waals surface area (Å²) in [7, 11) is -3.26. The minimum atomic E-state index is -3.26. The molecule has 8 heteroatoms. The van der Waals surface area contributed by atoms with Gasteiger partial charge in [-0.3, -0.25) is 4.79 Å². The van der Waals surface area contributed by atoms with Crippen molar-refractivity contribution >= 4 is 15.7 Å². The number of rotatable bonds is 6. The lowest BCUT2D eigenvalue weighted by Gasteiger charge is -2.36. The van der Waals surface area contributed by atoms with E-state index in [4.69, 9.17) is 4.52 Å². The van der Waals surface area contributed by atoms with Crippen molar-refractivity contribution in [3.63, 3.8) is 0 Å². The van der Waals surface area contributed by atoms with Crippen LogP contribution >= 0.6 is 0 Å². The van der Waals surface area contributed by atoms with Crippen molar-refractivity contribution in [1.29, 1.82) is 0 Å². The maximum Gasteiger partial charge on any atom is 0.231 e. The van der Waals surface area contributed by atoms with Gasteiger partial charge in [-0.15, -0.1) is 0 Å². The Hall–Kier alpha value is -2.22. The predicted molar refractivity (Wildman–Crippen MR) is 102 cm³/mol. The molecule has 7 nitrogen and oxygen atoms in total. The summed E-state index contributed by atoms with van der Waals surface area (Å²) in [5.41, 5.74) is 0.223. The number of nitrogens with one attached hydrogen (secondary N) is 1. The van der Waals surface area contributed by atoms with Gasteiger partial charge in [0.05, 0.1) is 16.9 Å². The molecule has 2 aliphatic rings. The number of amides is 1. The van der Waals surface area contributed by atoms with Gasteiger partial charge in [-0.1, -0.05) is 36.6 Å². The van der Waals surface area contributed by atoms with E-state index in [9.17, 15) is 13.2 Å². The molecule has 1 heterocycles. The molecule has 2 saturated carbocycles. The lowest BCUT2D eigenvalue weighted by atomic mass is 9.68. The van der Waals surface area contributed by atoms with Gasteiger partial charge in [0.2, 0.25) is 11.8 Å². The van der Waals surface area contributed by atoms with Crippen molar-refractivity contribution in [1.82, 2.24) is 15.5 Å². The van der Waals surface area contributed by atoms with Gasteiger partial charge in [0, 0.05) is 12.2 Å². The highest BCUT2D eigenvalue weighted by Crippen LogP contribution is 2.40. The van der Waals surface area contributed by atoms with Crippen LogP contribution in [0.1, 0.15) is 68.1 Å². The fourth-order valence-electron chi connectivity index (χ4n) is 3.99. The zero-order chi connectivity index (χ0) is 19.8. The first kappa shape index (κ1) is 19.1. The molecule has 0 spiro atoms. The third-order valence-corrected chi connectivity index (χ3v) is 6.92. The van der Waals surface area contributed by atoms with Crippen LogP contribution in [-0.4, -0.2) is 30.7 Å². The summed E-state index contributed by atoms with van der Waals surface area (Å²) in [5, 5.41) is 6.94. The van der Waals surface area contributed by atoms with Gasteiger partial charge >= 0.3 is 0 Å². The number of hydrogen-bond acceptors (Lipinski definition) is 6. The lowest BCUT2D eigenvalue weighted by molar-refractivity contribution is -0.128. The molecule has 0 atom stereocenters. The first-order valence-corrected chi connectivity index (χ1v) is 11.7. The van der Waals surface area contributed by atoms with E-state index in [0.717, 1.165) is 50.5 Å². The number of benzene rings is 1. The Balaban J connectivity index is 1.53. The molecule has 1 amide bonds. The van der Waals surface area contributed by atoms with Gasteiger partial charge in [-0.25, -0.2) is 8.42 Å². The van der Waals surface area contributed by atoms with Crippen molar-refractivity contribution in [3.8, 4) is 0 Å². The number of nitrogens with zero attached hydrogens (tertiary/aromatic N) is 2. The summed E-state index contributed by atoms with van der Waals surface area (Å²) in [6, 6.07) is 6.74. The van der Waals surface area contributed by atoms with Gasteiger partial charge in [0.25, 0.3) is 0 Å². The molecular formula is C20H25N3O4S. The van der Waals surface area contributed by atoms with Crippen molar-refractivity contribution in [2.45, 2.75) is 67.7 Å². The molecule has 1 N–H and O–H groups in total. The molecule has 0 aliphatic heterocycles. The minimum Gasteiger partial charge on any atom is -0.348 e. The van der Waals surface area contributed by atoms with Gasteiger partial charge < -0.3 is 9.84 Å². The van der Waals surface area contributed by atoms with E-state index in [-0.39, 0.29) is 17.3 Å². The van der Waals surface area contributed by atoms with Crippen LogP contribution < -0.4 is 5.32 Å². The zero-order valence-electron chi connectivity index (χ0n) is 16.0. The van der Waals surface area contributed by atoms with E-state index in [1.807, 2.05) is 0 Å². The van der Waals surface area contributed by atoms with Crippen molar-refractivity contribution in [3.05, 3.63) is 41.5 Å². The third kappa shape index (κ3) is 3.83. The number of carbonyl (C=O) groups is 1. The van der Waals surface area contributed by atoms with E-state index < -0.39 is 15.3 Å². The topological polar surface area (TPSA) is 102 Å². The molecule has 0 saturated heterocycles. The highest BCUT2D eigenvalue weighted by Gasteiger charge is 2.41.